The van der Waals surface area contributed by atoms with Gasteiger partial charge in [-0.2, -0.15) is 0 Å². The number of nitrogen functional groups attached to an aromatic ring is 1. The first-order valence-electron chi connectivity index (χ1n) is 5.80. The van der Waals surface area contributed by atoms with Gasteiger partial charge in [0.05, 0.1) is 19.3 Å². The molecule has 0 radical (unpaired) electrons. The summed E-state index contributed by atoms with van der Waals surface area (Å²) in [6, 6.07) is 10.1. The summed E-state index contributed by atoms with van der Waals surface area (Å²) < 4.78 is 11.8. The van der Waals surface area contributed by atoms with E-state index in [4.69, 9.17) is 15.2 Å². The third kappa shape index (κ3) is 3.25. The van der Waals surface area contributed by atoms with Crippen molar-refractivity contribution in [3.05, 3.63) is 46.8 Å². The lowest BCUT2D eigenvalue weighted by Crippen LogP contribution is -2.25. The molecule has 1 aromatic carbocycles. The normalized spacial score (nSPS) is 10.2. The van der Waals surface area contributed by atoms with Crippen LogP contribution in [0.15, 0.2) is 41.2 Å². The van der Waals surface area contributed by atoms with Crippen molar-refractivity contribution in [2.45, 2.75) is 6.54 Å². The predicted molar refractivity (Wildman–Crippen MR) is 71.4 cm³/mol. The molecular formula is C13H15N3O3. The van der Waals surface area contributed by atoms with Gasteiger partial charge in [-0.25, -0.2) is 4.68 Å². The molecule has 19 heavy (non-hydrogen) atoms. The Hall–Kier alpha value is -2.50. The largest absolute Gasteiger partial charge is 0.489 e. The van der Waals surface area contributed by atoms with Gasteiger partial charge in [0.25, 0.3) is 5.56 Å². The Kier molecular flexibility index (Phi) is 4.02. The Labute approximate surface area is 110 Å². The van der Waals surface area contributed by atoms with Gasteiger partial charge in [-0.05, 0) is 12.1 Å². The lowest BCUT2D eigenvalue weighted by molar-refractivity contribution is 0.283. The van der Waals surface area contributed by atoms with Crippen LogP contribution in [0.4, 0.5) is 5.69 Å². The molecule has 2 aromatic rings. The summed E-state index contributed by atoms with van der Waals surface area (Å²) in [5.41, 5.74) is 6.11. The first-order chi connectivity index (χ1) is 9.20. The molecule has 2 rings (SSSR count). The van der Waals surface area contributed by atoms with Crippen molar-refractivity contribution in [1.29, 1.82) is 0 Å². The molecule has 100 valence electrons. The van der Waals surface area contributed by atoms with E-state index < -0.39 is 0 Å². The second-order valence-electron chi connectivity index (χ2n) is 3.82. The van der Waals surface area contributed by atoms with Crippen molar-refractivity contribution in [2.75, 3.05) is 19.5 Å². The molecule has 6 nitrogen and oxygen atoms in total. The van der Waals surface area contributed by atoms with E-state index in [1.807, 2.05) is 12.1 Å². The van der Waals surface area contributed by atoms with Crippen LogP contribution < -0.4 is 20.8 Å². The standard InChI is InChI=1S/C13H15N3O3/c1-18-12-6-7-13(17)16(15-12)8-9-19-11-5-3-2-4-10(11)14/h2-7H,8-9,14H2,1H3. The summed E-state index contributed by atoms with van der Waals surface area (Å²) in [6.45, 7) is 0.624. The monoisotopic (exact) mass is 261 g/mol. The SMILES string of the molecule is COc1ccc(=O)n(CCOc2ccccc2N)n1. The van der Waals surface area contributed by atoms with Gasteiger partial charge in [-0.15, -0.1) is 5.10 Å². The maximum Gasteiger partial charge on any atom is 0.267 e. The number of nitrogens with two attached hydrogens (primary N) is 1. The van der Waals surface area contributed by atoms with Gasteiger partial charge >= 0.3 is 0 Å². The quantitative estimate of drug-likeness (QED) is 0.809. The van der Waals surface area contributed by atoms with Crippen molar-refractivity contribution in [1.82, 2.24) is 9.78 Å². The molecule has 1 heterocycles. The summed E-state index contributed by atoms with van der Waals surface area (Å²) in [4.78, 5) is 11.6. The molecule has 1 aromatic heterocycles. The molecule has 0 amide bonds. The topological polar surface area (TPSA) is 79.4 Å². The molecule has 0 spiro atoms. The number of anilines is 1. The van der Waals surface area contributed by atoms with E-state index in [0.29, 0.717) is 30.5 Å². The number of rotatable bonds is 5. The van der Waals surface area contributed by atoms with Crippen LogP contribution in [0.25, 0.3) is 0 Å². The van der Waals surface area contributed by atoms with E-state index in [-0.39, 0.29) is 5.56 Å². The van der Waals surface area contributed by atoms with Gasteiger partial charge < -0.3 is 15.2 Å². The highest BCUT2D eigenvalue weighted by Gasteiger charge is 2.02. The lowest BCUT2D eigenvalue weighted by Gasteiger charge is -2.09. The molecule has 0 fully saturated rings. The number of hydrogen-bond donors (Lipinski definition) is 1. The molecule has 0 aliphatic carbocycles. The average molecular weight is 261 g/mol. The van der Waals surface area contributed by atoms with Crippen molar-refractivity contribution in [2.24, 2.45) is 0 Å². The minimum absolute atomic E-state index is 0.203. The van der Waals surface area contributed by atoms with E-state index in [2.05, 4.69) is 5.10 Å². The van der Waals surface area contributed by atoms with Crippen LogP contribution in [0.3, 0.4) is 0 Å². The number of para-hydroxylation sites is 2. The number of ether oxygens (including phenoxy) is 2. The fraction of sp³-hybridized carbons (Fsp3) is 0.231. The summed E-state index contributed by atoms with van der Waals surface area (Å²) >= 11 is 0. The van der Waals surface area contributed by atoms with Crippen LogP contribution in [-0.4, -0.2) is 23.5 Å². The molecule has 0 aliphatic rings. The smallest absolute Gasteiger partial charge is 0.267 e. The van der Waals surface area contributed by atoms with Gasteiger partial charge in [0, 0.05) is 12.1 Å². The van der Waals surface area contributed by atoms with Crippen molar-refractivity contribution < 1.29 is 9.47 Å². The molecule has 0 saturated heterocycles. The summed E-state index contributed by atoms with van der Waals surface area (Å²) in [5.74, 6) is 0.984. The van der Waals surface area contributed by atoms with Gasteiger partial charge in [0.2, 0.25) is 5.88 Å². The number of hydrogen-bond acceptors (Lipinski definition) is 5. The van der Waals surface area contributed by atoms with E-state index in [1.165, 1.54) is 23.9 Å². The zero-order chi connectivity index (χ0) is 13.7. The van der Waals surface area contributed by atoms with Crippen LogP contribution >= 0.6 is 0 Å². The number of benzene rings is 1. The molecule has 0 unspecified atom stereocenters. The number of methoxy groups -OCH3 is 1. The molecule has 0 saturated carbocycles. The average Bonchev–Trinajstić information content (AvgIpc) is 2.43. The third-order valence-corrected chi connectivity index (χ3v) is 2.53. The minimum Gasteiger partial charge on any atom is -0.489 e. The molecular weight excluding hydrogens is 246 g/mol. The van der Waals surface area contributed by atoms with Crippen LogP contribution in [0, 0.1) is 0 Å². The second-order valence-corrected chi connectivity index (χ2v) is 3.82. The lowest BCUT2D eigenvalue weighted by atomic mass is 10.3. The maximum atomic E-state index is 11.6. The summed E-state index contributed by atoms with van der Waals surface area (Å²) in [7, 11) is 1.50. The van der Waals surface area contributed by atoms with Crippen molar-refractivity contribution in [3.63, 3.8) is 0 Å². The fourth-order valence-electron chi connectivity index (χ4n) is 1.55. The van der Waals surface area contributed by atoms with E-state index in [0.717, 1.165) is 0 Å². The van der Waals surface area contributed by atoms with Gasteiger partial charge in [-0.1, -0.05) is 12.1 Å². The third-order valence-electron chi connectivity index (χ3n) is 2.53. The van der Waals surface area contributed by atoms with Crippen LogP contribution in [0.2, 0.25) is 0 Å². The Morgan fingerprint density at radius 2 is 2.05 bits per heavy atom. The van der Waals surface area contributed by atoms with Crippen molar-refractivity contribution >= 4 is 5.69 Å². The predicted octanol–water partition coefficient (Wildman–Crippen LogP) is 0.913. The summed E-state index contributed by atoms with van der Waals surface area (Å²) in [6.07, 6.45) is 0. The van der Waals surface area contributed by atoms with Crippen molar-refractivity contribution in [3.8, 4) is 11.6 Å². The Balaban J connectivity index is 2.00. The minimum atomic E-state index is -0.203. The van der Waals surface area contributed by atoms with Gasteiger partial charge in [0.1, 0.15) is 12.4 Å². The van der Waals surface area contributed by atoms with Crippen LogP contribution in [-0.2, 0) is 6.54 Å². The second kappa shape index (κ2) is 5.90. The highest BCUT2D eigenvalue weighted by Crippen LogP contribution is 2.19. The highest BCUT2D eigenvalue weighted by atomic mass is 16.5. The van der Waals surface area contributed by atoms with Gasteiger partial charge in [-0.3, -0.25) is 4.79 Å². The molecule has 0 atom stereocenters. The Bertz CT molecular complexity index is 610. The van der Waals surface area contributed by atoms with E-state index >= 15 is 0 Å². The molecule has 0 bridgehead atoms. The first kappa shape index (κ1) is 12.9. The zero-order valence-electron chi connectivity index (χ0n) is 10.6. The molecule has 0 aliphatic heterocycles. The van der Waals surface area contributed by atoms with Crippen LogP contribution in [0.5, 0.6) is 11.6 Å². The van der Waals surface area contributed by atoms with E-state index in [1.54, 1.807) is 12.1 Å². The fourth-order valence-corrected chi connectivity index (χ4v) is 1.55. The van der Waals surface area contributed by atoms with Gasteiger partial charge in [0.15, 0.2) is 0 Å². The Morgan fingerprint density at radius 1 is 1.26 bits per heavy atom. The first-order valence-corrected chi connectivity index (χ1v) is 5.80. The number of aromatic nitrogens is 2. The van der Waals surface area contributed by atoms with Crippen LogP contribution in [0.1, 0.15) is 0 Å². The van der Waals surface area contributed by atoms with E-state index in [9.17, 15) is 4.79 Å². The number of nitrogens with zero attached hydrogens (tertiary/aromatic N) is 2. The Morgan fingerprint density at radius 3 is 2.79 bits per heavy atom. The zero-order valence-corrected chi connectivity index (χ0v) is 10.6. The highest BCUT2D eigenvalue weighted by molar-refractivity contribution is 5.51. The summed E-state index contributed by atoms with van der Waals surface area (Å²) in [5, 5.41) is 4.02. The molecule has 6 heteroatoms. The molecule has 2 N–H and O–H groups in total. The maximum absolute atomic E-state index is 11.6.